The summed E-state index contributed by atoms with van der Waals surface area (Å²) >= 11 is 0. The summed E-state index contributed by atoms with van der Waals surface area (Å²) in [7, 11) is 0. The highest BCUT2D eigenvalue weighted by Gasteiger charge is 2.12. The van der Waals surface area contributed by atoms with Crippen LogP contribution in [0.2, 0.25) is 0 Å². The highest BCUT2D eigenvalue weighted by atomic mass is 16.5. The molecule has 0 spiro atoms. The zero-order valence-corrected chi connectivity index (χ0v) is 10.6. The number of ether oxygens (including phenoxy) is 1. The second-order valence-corrected chi connectivity index (χ2v) is 4.37. The van der Waals surface area contributed by atoms with Crippen LogP contribution in [0.5, 0.6) is 11.6 Å². The van der Waals surface area contributed by atoms with Crippen molar-refractivity contribution in [2.75, 3.05) is 31.1 Å². The average Bonchev–Trinajstić information content (AvgIpc) is 2.49. The highest BCUT2D eigenvalue weighted by molar-refractivity contribution is 5.39. The van der Waals surface area contributed by atoms with Crippen LogP contribution in [0.4, 0.5) is 5.82 Å². The highest BCUT2D eigenvalue weighted by Crippen LogP contribution is 2.20. The minimum atomic E-state index is 0.530. The van der Waals surface area contributed by atoms with E-state index in [9.17, 15) is 0 Å². The van der Waals surface area contributed by atoms with E-state index in [1.165, 1.54) is 0 Å². The molecule has 1 aliphatic heterocycles. The first kappa shape index (κ1) is 11.9. The molecule has 1 N–H and O–H groups in total. The van der Waals surface area contributed by atoms with Crippen LogP contribution in [0.1, 0.15) is 0 Å². The molecule has 0 amide bonds. The van der Waals surface area contributed by atoms with Gasteiger partial charge in [-0.3, -0.25) is 4.98 Å². The van der Waals surface area contributed by atoms with Gasteiger partial charge in [0.05, 0.1) is 12.4 Å². The standard InChI is InChI=1S/C14H16N4O/c1-2-4-12(5-3-1)19-14-11-16-10-13(17-14)18-8-6-15-7-9-18/h1-5,10-11,15H,6-9H2. The predicted molar refractivity (Wildman–Crippen MR) is 73.6 cm³/mol. The van der Waals surface area contributed by atoms with Crippen LogP contribution < -0.4 is 15.0 Å². The largest absolute Gasteiger partial charge is 0.437 e. The number of para-hydroxylation sites is 1. The molecule has 0 bridgehead atoms. The molecule has 0 atom stereocenters. The van der Waals surface area contributed by atoms with Crippen LogP contribution in [0.3, 0.4) is 0 Å². The van der Waals surface area contributed by atoms with Gasteiger partial charge in [0.1, 0.15) is 5.75 Å². The van der Waals surface area contributed by atoms with Crippen LogP contribution >= 0.6 is 0 Å². The second-order valence-electron chi connectivity index (χ2n) is 4.37. The van der Waals surface area contributed by atoms with Gasteiger partial charge in [0.25, 0.3) is 0 Å². The zero-order valence-electron chi connectivity index (χ0n) is 10.6. The fourth-order valence-corrected chi connectivity index (χ4v) is 2.04. The van der Waals surface area contributed by atoms with Crippen molar-refractivity contribution in [1.29, 1.82) is 0 Å². The number of nitrogens with zero attached hydrogens (tertiary/aromatic N) is 3. The van der Waals surface area contributed by atoms with Crippen molar-refractivity contribution in [1.82, 2.24) is 15.3 Å². The number of nitrogens with one attached hydrogen (secondary N) is 1. The Kier molecular flexibility index (Phi) is 3.56. The summed E-state index contributed by atoms with van der Waals surface area (Å²) in [5.74, 6) is 2.17. The molecule has 1 aliphatic rings. The van der Waals surface area contributed by atoms with E-state index in [-0.39, 0.29) is 0 Å². The summed E-state index contributed by atoms with van der Waals surface area (Å²) in [5.41, 5.74) is 0. The SMILES string of the molecule is c1ccc(Oc2cncc(N3CCNCC3)n2)cc1. The van der Waals surface area contributed by atoms with Crippen LogP contribution in [0.15, 0.2) is 42.7 Å². The van der Waals surface area contributed by atoms with Crippen LogP contribution in [0, 0.1) is 0 Å². The monoisotopic (exact) mass is 256 g/mol. The Morgan fingerprint density at radius 3 is 2.63 bits per heavy atom. The molecule has 2 aromatic rings. The van der Waals surface area contributed by atoms with Gasteiger partial charge < -0.3 is 15.0 Å². The minimum absolute atomic E-state index is 0.530. The van der Waals surface area contributed by atoms with E-state index in [2.05, 4.69) is 20.2 Å². The summed E-state index contributed by atoms with van der Waals surface area (Å²) in [6.45, 7) is 3.85. The molecular formula is C14H16N4O. The molecule has 19 heavy (non-hydrogen) atoms. The third kappa shape index (κ3) is 3.00. The summed E-state index contributed by atoms with van der Waals surface area (Å²) in [6, 6.07) is 9.62. The minimum Gasteiger partial charge on any atom is -0.437 e. The molecule has 1 fully saturated rings. The Morgan fingerprint density at radius 2 is 1.84 bits per heavy atom. The van der Waals surface area contributed by atoms with Gasteiger partial charge in [0.2, 0.25) is 5.88 Å². The molecule has 0 unspecified atom stereocenters. The van der Waals surface area contributed by atoms with Crippen molar-refractivity contribution in [3.05, 3.63) is 42.7 Å². The predicted octanol–water partition coefficient (Wildman–Crippen LogP) is 1.68. The van der Waals surface area contributed by atoms with Gasteiger partial charge in [-0.05, 0) is 12.1 Å². The number of benzene rings is 1. The van der Waals surface area contributed by atoms with Crippen molar-refractivity contribution in [3.63, 3.8) is 0 Å². The molecule has 3 rings (SSSR count). The van der Waals surface area contributed by atoms with Gasteiger partial charge in [-0.25, -0.2) is 0 Å². The number of piperazine rings is 1. The third-order valence-electron chi connectivity index (χ3n) is 3.01. The van der Waals surface area contributed by atoms with Gasteiger partial charge in [-0.2, -0.15) is 4.98 Å². The molecule has 1 saturated heterocycles. The first-order valence-corrected chi connectivity index (χ1v) is 6.42. The van der Waals surface area contributed by atoms with E-state index in [0.29, 0.717) is 5.88 Å². The molecule has 2 heterocycles. The smallest absolute Gasteiger partial charge is 0.239 e. The average molecular weight is 256 g/mol. The Balaban J connectivity index is 1.76. The Bertz CT molecular complexity index is 526. The quantitative estimate of drug-likeness (QED) is 0.905. The maximum atomic E-state index is 5.69. The summed E-state index contributed by atoms with van der Waals surface area (Å²) in [5, 5.41) is 3.32. The topological polar surface area (TPSA) is 50.3 Å². The van der Waals surface area contributed by atoms with Crippen molar-refractivity contribution < 1.29 is 4.74 Å². The molecule has 5 heteroatoms. The van der Waals surface area contributed by atoms with Crippen LogP contribution in [-0.4, -0.2) is 36.1 Å². The van der Waals surface area contributed by atoms with Crippen molar-refractivity contribution in [2.24, 2.45) is 0 Å². The second kappa shape index (κ2) is 5.67. The van der Waals surface area contributed by atoms with Crippen LogP contribution in [0.25, 0.3) is 0 Å². The van der Waals surface area contributed by atoms with Gasteiger partial charge in [-0.15, -0.1) is 0 Å². The lowest BCUT2D eigenvalue weighted by Crippen LogP contribution is -2.43. The van der Waals surface area contributed by atoms with Crippen molar-refractivity contribution in [2.45, 2.75) is 0 Å². The lowest BCUT2D eigenvalue weighted by Gasteiger charge is -2.28. The molecule has 0 saturated carbocycles. The summed E-state index contributed by atoms with van der Waals surface area (Å²) < 4.78 is 5.69. The molecule has 0 radical (unpaired) electrons. The van der Waals surface area contributed by atoms with Gasteiger partial charge in [0.15, 0.2) is 5.82 Å². The van der Waals surface area contributed by atoms with E-state index >= 15 is 0 Å². The fraction of sp³-hybridized carbons (Fsp3) is 0.286. The van der Waals surface area contributed by atoms with E-state index in [1.54, 1.807) is 12.4 Å². The van der Waals surface area contributed by atoms with E-state index in [0.717, 1.165) is 37.7 Å². The normalized spacial score (nSPS) is 15.3. The molecule has 0 aliphatic carbocycles. The van der Waals surface area contributed by atoms with E-state index < -0.39 is 0 Å². The molecule has 98 valence electrons. The third-order valence-corrected chi connectivity index (χ3v) is 3.01. The number of hydrogen-bond donors (Lipinski definition) is 1. The number of hydrogen-bond acceptors (Lipinski definition) is 5. The molecule has 1 aromatic heterocycles. The van der Waals surface area contributed by atoms with Gasteiger partial charge in [0, 0.05) is 26.2 Å². The first-order valence-electron chi connectivity index (χ1n) is 6.42. The number of aromatic nitrogens is 2. The van der Waals surface area contributed by atoms with Crippen LogP contribution in [-0.2, 0) is 0 Å². The maximum absolute atomic E-state index is 5.69. The Labute approximate surface area is 112 Å². The lowest BCUT2D eigenvalue weighted by atomic mass is 10.3. The number of anilines is 1. The Morgan fingerprint density at radius 1 is 1.05 bits per heavy atom. The van der Waals surface area contributed by atoms with Gasteiger partial charge in [-0.1, -0.05) is 18.2 Å². The fourth-order valence-electron chi connectivity index (χ4n) is 2.04. The maximum Gasteiger partial charge on any atom is 0.239 e. The zero-order chi connectivity index (χ0) is 12.9. The molecular weight excluding hydrogens is 240 g/mol. The van der Waals surface area contributed by atoms with E-state index in [4.69, 9.17) is 4.74 Å². The first-order chi connectivity index (χ1) is 9.42. The summed E-state index contributed by atoms with van der Waals surface area (Å²) in [6.07, 6.45) is 3.42. The lowest BCUT2D eigenvalue weighted by molar-refractivity contribution is 0.458. The molecule has 1 aromatic carbocycles. The Hall–Kier alpha value is -2.14. The molecule has 5 nitrogen and oxygen atoms in total. The number of rotatable bonds is 3. The summed E-state index contributed by atoms with van der Waals surface area (Å²) in [4.78, 5) is 10.9. The van der Waals surface area contributed by atoms with Crippen molar-refractivity contribution >= 4 is 5.82 Å². The van der Waals surface area contributed by atoms with E-state index in [1.807, 2.05) is 30.3 Å². The van der Waals surface area contributed by atoms with Crippen molar-refractivity contribution in [3.8, 4) is 11.6 Å². The van der Waals surface area contributed by atoms with Gasteiger partial charge >= 0.3 is 0 Å².